The molecule has 2 aromatic carbocycles. The lowest BCUT2D eigenvalue weighted by atomic mass is 10.1. The molecule has 0 fully saturated rings. The lowest BCUT2D eigenvalue weighted by molar-refractivity contribution is -0.702. The van der Waals surface area contributed by atoms with Crippen molar-refractivity contribution in [2.75, 3.05) is 0 Å². The van der Waals surface area contributed by atoms with E-state index < -0.39 is 5.97 Å². The molecule has 0 amide bonds. The van der Waals surface area contributed by atoms with Gasteiger partial charge in [-0.2, -0.15) is 0 Å². The minimum absolute atomic E-state index is 0.0567. The summed E-state index contributed by atoms with van der Waals surface area (Å²) in [5.41, 5.74) is 2.35. The third-order valence-corrected chi connectivity index (χ3v) is 6.78. The molecule has 0 aliphatic rings. The fourth-order valence-electron chi connectivity index (χ4n) is 4.53. The Morgan fingerprint density at radius 2 is 1.59 bits per heavy atom. The lowest BCUT2D eigenvalue weighted by Crippen LogP contribution is -2.35. The number of aromatic nitrogens is 5. The molecule has 4 rings (SSSR count). The van der Waals surface area contributed by atoms with Gasteiger partial charge >= 0.3 is 0 Å². The number of nitrogens with one attached hydrogen (secondary N) is 1. The van der Waals surface area contributed by atoms with Crippen molar-refractivity contribution < 1.29 is 14.5 Å². The normalized spacial score (nSPS) is 10.9. The number of aromatic carboxylic acids is 1. The maximum Gasteiger partial charge on any atom is 0.253 e. The monoisotopic (exact) mass is 503 g/mol. The molecular formula is C30H41N5O2. The summed E-state index contributed by atoms with van der Waals surface area (Å²) < 4.78 is 4.76. The first-order valence-electron chi connectivity index (χ1n) is 13.7. The number of unbranched alkanes of at least 4 members (excludes halogenated alkanes) is 9. The fraction of sp³-hybridized carbons (Fsp3) is 0.467. The van der Waals surface area contributed by atoms with E-state index in [4.69, 9.17) is 0 Å². The van der Waals surface area contributed by atoms with Crippen LogP contribution in [-0.2, 0) is 13.1 Å². The van der Waals surface area contributed by atoms with Gasteiger partial charge in [0.25, 0.3) is 5.82 Å². The zero-order valence-corrected chi connectivity index (χ0v) is 22.4. The Labute approximate surface area is 220 Å². The number of carboxylic acids is 1. The number of carboxylic acid groups (broad SMARTS) is 1. The molecule has 7 nitrogen and oxygen atoms in total. The number of rotatable bonds is 14. The van der Waals surface area contributed by atoms with Gasteiger partial charge in [-0.1, -0.05) is 106 Å². The van der Waals surface area contributed by atoms with Crippen molar-refractivity contribution in [2.24, 2.45) is 0 Å². The summed E-state index contributed by atoms with van der Waals surface area (Å²) in [4.78, 5) is 10.5. The number of nitrogens with zero attached hydrogens (tertiary/aromatic N) is 4. The van der Waals surface area contributed by atoms with Crippen molar-refractivity contribution in [1.82, 2.24) is 20.0 Å². The Morgan fingerprint density at radius 3 is 2.27 bits per heavy atom. The van der Waals surface area contributed by atoms with Crippen LogP contribution in [0.4, 0.5) is 0 Å². The highest BCUT2D eigenvalue weighted by molar-refractivity contribution is 5.99. The number of imidazole rings is 1. The summed E-state index contributed by atoms with van der Waals surface area (Å²) in [6.45, 7) is 6.65. The third-order valence-electron chi connectivity index (χ3n) is 6.78. The SMILES string of the molecule is CCCCCCCCCCCC[n+]1ccn(Cc2ccccc2)c1C.O=C([O-])c1cccc2[nH]nnc12. The molecule has 0 aliphatic heterocycles. The van der Waals surface area contributed by atoms with Crippen LogP contribution in [0.25, 0.3) is 11.0 Å². The number of hydrogen-bond donors (Lipinski definition) is 1. The molecule has 4 aromatic rings. The lowest BCUT2D eigenvalue weighted by Gasteiger charge is -2.03. The van der Waals surface area contributed by atoms with Gasteiger partial charge in [-0.15, -0.1) is 5.10 Å². The number of benzene rings is 2. The second-order valence-electron chi connectivity index (χ2n) is 9.64. The topological polar surface area (TPSA) is 90.5 Å². The molecule has 0 atom stereocenters. The molecule has 0 spiro atoms. The molecule has 0 saturated carbocycles. The van der Waals surface area contributed by atoms with Crippen LogP contribution in [0.5, 0.6) is 0 Å². The Morgan fingerprint density at radius 1 is 0.919 bits per heavy atom. The smallest absolute Gasteiger partial charge is 0.253 e. The predicted molar refractivity (Wildman–Crippen MR) is 145 cm³/mol. The Kier molecular flexibility index (Phi) is 11.8. The number of hydrogen-bond acceptors (Lipinski definition) is 4. The van der Waals surface area contributed by atoms with E-state index in [1.54, 1.807) is 12.1 Å². The first-order valence-corrected chi connectivity index (χ1v) is 13.7. The van der Waals surface area contributed by atoms with Crippen LogP contribution in [0.3, 0.4) is 0 Å². The molecule has 37 heavy (non-hydrogen) atoms. The number of aryl methyl sites for hydroxylation is 1. The highest BCUT2D eigenvalue weighted by Gasteiger charge is 2.12. The third kappa shape index (κ3) is 9.16. The van der Waals surface area contributed by atoms with Gasteiger partial charge in [-0.3, -0.25) is 5.10 Å². The van der Waals surface area contributed by atoms with Gasteiger partial charge in [0.15, 0.2) is 0 Å². The minimum Gasteiger partial charge on any atom is -0.545 e. The van der Waals surface area contributed by atoms with Gasteiger partial charge in [-0.05, 0) is 24.5 Å². The van der Waals surface area contributed by atoms with E-state index in [2.05, 4.69) is 81.1 Å². The van der Waals surface area contributed by atoms with Crippen molar-refractivity contribution in [3.05, 3.63) is 77.9 Å². The van der Waals surface area contributed by atoms with E-state index in [1.807, 2.05) is 0 Å². The van der Waals surface area contributed by atoms with Crippen molar-refractivity contribution in [2.45, 2.75) is 91.1 Å². The molecule has 0 unspecified atom stereocenters. The summed E-state index contributed by atoms with van der Waals surface area (Å²) in [7, 11) is 0. The van der Waals surface area contributed by atoms with Gasteiger partial charge in [0.05, 0.1) is 18.0 Å². The van der Waals surface area contributed by atoms with E-state index >= 15 is 0 Å². The molecule has 1 N–H and O–H groups in total. The molecule has 0 bridgehead atoms. The summed E-state index contributed by atoms with van der Waals surface area (Å²) in [5, 5.41) is 20.2. The number of carbonyl (C=O) groups is 1. The Balaban J connectivity index is 0.000000262. The van der Waals surface area contributed by atoms with Gasteiger partial charge in [0.2, 0.25) is 0 Å². The van der Waals surface area contributed by atoms with Crippen molar-refractivity contribution >= 4 is 17.0 Å². The summed E-state index contributed by atoms with van der Waals surface area (Å²) in [6, 6.07) is 15.4. The Bertz CT molecular complexity index is 1200. The molecule has 7 heteroatoms. The fourth-order valence-corrected chi connectivity index (χ4v) is 4.53. The average molecular weight is 504 g/mol. The van der Waals surface area contributed by atoms with Crippen LogP contribution in [0.2, 0.25) is 0 Å². The molecule has 2 aromatic heterocycles. The highest BCUT2D eigenvalue weighted by Crippen LogP contribution is 2.12. The predicted octanol–water partition coefficient (Wildman–Crippen LogP) is 5.37. The van der Waals surface area contributed by atoms with E-state index in [-0.39, 0.29) is 5.56 Å². The standard InChI is InChI=1S/C23H37N2.C7H5N3O2/c1-3-4-5-6-7-8-9-10-11-15-18-24-19-20-25(22(24)2)21-23-16-13-12-14-17-23;11-7(12)4-2-1-3-5-6(4)9-10-8-5/h12-14,16-17,19-20H,3-11,15,18,21H2,1-2H3;1-3H,(H,11,12)(H,8,9,10)/q+1;/p-1. The highest BCUT2D eigenvalue weighted by atomic mass is 16.4. The van der Waals surface area contributed by atoms with Crippen LogP contribution in [0.1, 0.15) is 92.9 Å². The minimum atomic E-state index is -1.24. The zero-order chi connectivity index (χ0) is 26.3. The summed E-state index contributed by atoms with van der Waals surface area (Å²) in [6.07, 6.45) is 18.5. The van der Waals surface area contributed by atoms with E-state index in [9.17, 15) is 9.90 Å². The Hall–Kier alpha value is -3.48. The largest absolute Gasteiger partial charge is 0.545 e. The quantitative estimate of drug-likeness (QED) is 0.185. The number of fused-ring (bicyclic) bond motifs is 1. The van der Waals surface area contributed by atoms with Crippen molar-refractivity contribution in [1.29, 1.82) is 0 Å². The maximum atomic E-state index is 10.5. The summed E-state index contributed by atoms with van der Waals surface area (Å²) in [5.74, 6) is 0.120. The number of aromatic amines is 1. The molecular weight excluding hydrogens is 462 g/mol. The van der Waals surface area contributed by atoms with Gasteiger partial charge in [0.1, 0.15) is 24.5 Å². The van der Waals surface area contributed by atoms with Crippen LogP contribution < -0.4 is 9.67 Å². The number of H-pyrrole nitrogens is 1. The molecule has 198 valence electrons. The maximum absolute atomic E-state index is 10.5. The average Bonchev–Trinajstić information content (AvgIpc) is 3.53. The first-order chi connectivity index (χ1) is 18.1. The second kappa shape index (κ2) is 15.6. The van der Waals surface area contributed by atoms with E-state index in [0.29, 0.717) is 11.0 Å². The molecule has 0 saturated heterocycles. The van der Waals surface area contributed by atoms with E-state index in [1.165, 1.54) is 81.7 Å². The van der Waals surface area contributed by atoms with Crippen molar-refractivity contribution in [3.8, 4) is 0 Å². The number of carbonyl (C=O) groups excluding carboxylic acids is 1. The van der Waals surface area contributed by atoms with Crippen LogP contribution in [0, 0.1) is 6.92 Å². The van der Waals surface area contributed by atoms with Gasteiger partial charge < -0.3 is 9.90 Å². The molecule has 0 radical (unpaired) electrons. The van der Waals surface area contributed by atoms with Crippen LogP contribution in [-0.4, -0.2) is 25.9 Å². The van der Waals surface area contributed by atoms with Gasteiger partial charge in [-0.25, -0.2) is 9.13 Å². The molecule has 0 aliphatic carbocycles. The van der Waals surface area contributed by atoms with Crippen molar-refractivity contribution in [3.63, 3.8) is 0 Å². The van der Waals surface area contributed by atoms with Crippen LogP contribution >= 0.6 is 0 Å². The summed E-state index contributed by atoms with van der Waals surface area (Å²) >= 11 is 0. The molecule has 2 heterocycles. The van der Waals surface area contributed by atoms with Crippen LogP contribution in [0.15, 0.2) is 60.9 Å². The van der Waals surface area contributed by atoms with E-state index in [0.717, 1.165) is 13.1 Å². The van der Waals surface area contributed by atoms with Gasteiger partial charge in [0, 0.05) is 12.5 Å². The zero-order valence-electron chi connectivity index (χ0n) is 22.4. The second-order valence-corrected chi connectivity index (χ2v) is 9.64. The first kappa shape index (κ1) is 28.1.